The Bertz CT molecular complexity index is 1180. The van der Waals surface area contributed by atoms with E-state index in [1.807, 2.05) is 32.1 Å². The highest BCUT2D eigenvalue weighted by Crippen LogP contribution is 2.28. The Kier molecular flexibility index (Phi) is 13.7. The van der Waals surface area contributed by atoms with Crippen molar-refractivity contribution in [2.45, 2.75) is 33.1 Å². The van der Waals surface area contributed by atoms with Crippen LogP contribution in [0.2, 0.25) is 0 Å². The molecule has 2 heterocycles. The van der Waals surface area contributed by atoms with Crippen molar-refractivity contribution >= 4 is 23.3 Å². The summed E-state index contributed by atoms with van der Waals surface area (Å²) in [6, 6.07) is 7.28. The molecular formula is C30H43N5O5. The van der Waals surface area contributed by atoms with Crippen molar-refractivity contribution in [1.82, 2.24) is 20.0 Å². The lowest BCUT2D eigenvalue weighted by molar-refractivity contribution is -0.139. The van der Waals surface area contributed by atoms with Gasteiger partial charge in [0.2, 0.25) is 0 Å². The van der Waals surface area contributed by atoms with Crippen LogP contribution in [0.5, 0.6) is 5.75 Å². The van der Waals surface area contributed by atoms with Crippen LogP contribution in [0.15, 0.2) is 55.1 Å². The molecule has 3 N–H and O–H groups in total. The number of esters is 1. The van der Waals surface area contributed by atoms with Gasteiger partial charge in [-0.05, 0) is 43.5 Å². The van der Waals surface area contributed by atoms with E-state index in [-0.39, 0.29) is 11.9 Å². The zero-order valence-electron chi connectivity index (χ0n) is 24.2. The summed E-state index contributed by atoms with van der Waals surface area (Å²) in [5, 5.41) is 7.03. The van der Waals surface area contributed by atoms with E-state index in [2.05, 4.69) is 28.5 Å². The summed E-state index contributed by atoms with van der Waals surface area (Å²) in [6.45, 7) is 16.4. The summed E-state index contributed by atoms with van der Waals surface area (Å²) in [5.41, 5.74) is 9.93. The monoisotopic (exact) mass is 553 g/mol. The predicted octanol–water partition coefficient (Wildman–Crippen LogP) is 3.69. The molecule has 1 aromatic heterocycles. The molecule has 0 unspecified atom stereocenters. The van der Waals surface area contributed by atoms with E-state index in [1.54, 1.807) is 37.0 Å². The number of morpholine rings is 1. The van der Waals surface area contributed by atoms with E-state index in [1.165, 1.54) is 0 Å². The second-order valence-corrected chi connectivity index (χ2v) is 9.01. The molecule has 1 aliphatic heterocycles. The van der Waals surface area contributed by atoms with Crippen LogP contribution in [0.4, 0.5) is 5.69 Å². The number of aryl methyl sites for hydroxylation is 1. The van der Waals surface area contributed by atoms with Gasteiger partial charge in [0.1, 0.15) is 5.75 Å². The first-order chi connectivity index (χ1) is 19.3. The quantitative estimate of drug-likeness (QED) is 0.134. The van der Waals surface area contributed by atoms with Crippen LogP contribution in [-0.4, -0.2) is 80.2 Å². The average Bonchev–Trinajstić information content (AvgIpc) is 3.42. The third-order valence-electron chi connectivity index (χ3n) is 6.31. The standard InChI is InChI=1S/C18H22N4O2.C12H21NO3/c1-5-7-16(12-8-9-14(19)17(10-12)24-4)22-13(6-2)11-15(21-22)18(23)20-3;1-3-11(2)12(14)16-8-4-5-13-6-9-15-10-7-13/h5,7-11H,1,6,19H2,2-4H3,(H,20,23);2-10H2,1H3/b16-7-;. The summed E-state index contributed by atoms with van der Waals surface area (Å²) in [4.78, 5) is 25.5. The van der Waals surface area contributed by atoms with Gasteiger partial charge in [-0.1, -0.05) is 39.1 Å². The predicted molar refractivity (Wildman–Crippen MR) is 158 cm³/mol. The van der Waals surface area contributed by atoms with Crippen LogP contribution < -0.4 is 15.8 Å². The minimum atomic E-state index is -0.260. The van der Waals surface area contributed by atoms with Crippen molar-refractivity contribution in [3.63, 3.8) is 0 Å². The number of nitrogen functional groups attached to an aromatic ring is 1. The van der Waals surface area contributed by atoms with E-state index in [0.717, 1.165) is 62.6 Å². The number of benzene rings is 1. The van der Waals surface area contributed by atoms with Crippen molar-refractivity contribution in [3.8, 4) is 5.75 Å². The van der Waals surface area contributed by atoms with Crippen LogP contribution in [-0.2, 0) is 20.7 Å². The number of rotatable bonds is 12. The first kappa shape index (κ1) is 32.3. The van der Waals surface area contributed by atoms with E-state index in [0.29, 0.717) is 35.7 Å². The molecule has 1 aliphatic rings. The van der Waals surface area contributed by atoms with Gasteiger partial charge in [-0.15, -0.1) is 0 Å². The van der Waals surface area contributed by atoms with Gasteiger partial charge in [-0.2, -0.15) is 5.10 Å². The molecule has 0 saturated carbocycles. The van der Waals surface area contributed by atoms with Crippen LogP contribution >= 0.6 is 0 Å². The number of carbonyl (C=O) groups is 2. The highest BCUT2D eigenvalue weighted by molar-refractivity contribution is 5.92. The molecule has 0 bridgehead atoms. The average molecular weight is 554 g/mol. The van der Waals surface area contributed by atoms with Crippen LogP contribution in [0.1, 0.15) is 48.4 Å². The fourth-order valence-corrected chi connectivity index (χ4v) is 3.91. The maximum Gasteiger partial charge on any atom is 0.333 e. The van der Waals surface area contributed by atoms with E-state index >= 15 is 0 Å². The fourth-order valence-electron chi connectivity index (χ4n) is 3.91. The third-order valence-corrected chi connectivity index (χ3v) is 6.31. The van der Waals surface area contributed by atoms with Gasteiger partial charge < -0.3 is 25.3 Å². The fraction of sp³-hybridized carbons (Fsp3) is 0.433. The highest BCUT2D eigenvalue weighted by atomic mass is 16.5. The van der Waals surface area contributed by atoms with Crippen LogP contribution in [0, 0.1) is 0 Å². The first-order valence-corrected chi connectivity index (χ1v) is 13.5. The second kappa shape index (κ2) is 16.9. The summed E-state index contributed by atoms with van der Waals surface area (Å²) in [7, 11) is 3.15. The third kappa shape index (κ3) is 9.39. The number of ether oxygens (including phenoxy) is 3. The molecule has 10 nitrogen and oxygen atoms in total. The number of aromatic nitrogens is 2. The summed E-state index contributed by atoms with van der Waals surface area (Å²) in [5.74, 6) is 0.0972. The van der Waals surface area contributed by atoms with Crippen molar-refractivity contribution in [1.29, 1.82) is 0 Å². The molecule has 218 valence electrons. The van der Waals surface area contributed by atoms with Gasteiger partial charge in [0.25, 0.3) is 5.91 Å². The molecule has 10 heteroatoms. The zero-order chi connectivity index (χ0) is 29.5. The lowest BCUT2D eigenvalue weighted by Crippen LogP contribution is -2.37. The first-order valence-electron chi connectivity index (χ1n) is 13.5. The minimum absolute atomic E-state index is 0.226. The lowest BCUT2D eigenvalue weighted by atomic mass is 10.1. The van der Waals surface area contributed by atoms with Crippen molar-refractivity contribution in [2.75, 3.05) is 59.3 Å². The molecule has 0 atom stereocenters. The maximum atomic E-state index is 11.9. The molecule has 1 saturated heterocycles. The van der Waals surface area contributed by atoms with Crippen LogP contribution in [0.25, 0.3) is 5.70 Å². The molecule has 0 aliphatic carbocycles. The number of hydrogen-bond donors (Lipinski definition) is 2. The van der Waals surface area contributed by atoms with E-state index in [4.69, 9.17) is 19.9 Å². The number of nitrogens with two attached hydrogens (primary N) is 1. The van der Waals surface area contributed by atoms with Gasteiger partial charge in [-0.25, -0.2) is 9.48 Å². The summed E-state index contributed by atoms with van der Waals surface area (Å²) >= 11 is 0. The molecule has 40 heavy (non-hydrogen) atoms. The Labute approximate surface area is 237 Å². The molecule has 1 amide bonds. The summed E-state index contributed by atoms with van der Waals surface area (Å²) < 4.78 is 17.4. The Balaban J connectivity index is 0.000000305. The number of amides is 1. The minimum Gasteiger partial charge on any atom is -0.495 e. The number of nitrogens with zero attached hydrogens (tertiary/aromatic N) is 3. The Hall–Kier alpha value is -3.89. The largest absolute Gasteiger partial charge is 0.495 e. The van der Waals surface area contributed by atoms with E-state index in [9.17, 15) is 9.59 Å². The summed E-state index contributed by atoms with van der Waals surface area (Å²) in [6.07, 6.45) is 5.78. The molecule has 0 radical (unpaired) electrons. The Morgan fingerprint density at radius 3 is 2.55 bits per heavy atom. The smallest absolute Gasteiger partial charge is 0.333 e. The lowest BCUT2D eigenvalue weighted by Gasteiger charge is -2.26. The van der Waals surface area contributed by atoms with Gasteiger partial charge >= 0.3 is 5.97 Å². The maximum absolute atomic E-state index is 11.9. The molecule has 1 aromatic carbocycles. The number of allylic oxidation sites excluding steroid dienone is 2. The number of anilines is 1. The topological polar surface area (TPSA) is 121 Å². The Morgan fingerprint density at radius 2 is 1.95 bits per heavy atom. The highest BCUT2D eigenvalue weighted by Gasteiger charge is 2.17. The van der Waals surface area contributed by atoms with E-state index < -0.39 is 0 Å². The van der Waals surface area contributed by atoms with Crippen molar-refractivity contribution < 1.29 is 23.8 Å². The van der Waals surface area contributed by atoms with Crippen LogP contribution in [0.3, 0.4) is 0 Å². The number of nitrogens with one attached hydrogen (secondary N) is 1. The van der Waals surface area contributed by atoms with Gasteiger partial charge in [0.15, 0.2) is 5.69 Å². The second-order valence-electron chi connectivity index (χ2n) is 9.01. The molecule has 0 spiro atoms. The molecular weight excluding hydrogens is 510 g/mol. The normalized spacial score (nSPS) is 13.6. The number of methoxy groups -OCH3 is 1. The van der Waals surface area contributed by atoms with Gasteiger partial charge in [0.05, 0.1) is 38.3 Å². The molecule has 1 fully saturated rings. The van der Waals surface area contributed by atoms with Crippen molar-refractivity contribution in [3.05, 3.63) is 72.1 Å². The number of hydrogen-bond acceptors (Lipinski definition) is 8. The SMILES string of the molecule is C=C(CC)C(=O)OCCCN1CCOCC1.C=C/C=C(/c1ccc(N)c(OC)c1)n1nc(C(=O)NC)cc1CC. The molecule has 2 aromatic rings. The zero-order valence-corrected chi connectivity index (χ0v) is 24.2. The number of carbonyl (C=O) groups excluding carboxylic acids is 2. The molecule has 3 rings (SSSR count). The van der Waals surface area contributed by atoms with Crippen molar-refractivity contribution in [2.24, 2.45) is 0 Å². The Morgan fingerprint density at radius 1 is 1.23 bits per heavy atom. The van der Waals surface area contributed by atoms with Gasteiger partial charge in [0, 0.05) is 43.5 Å². The van der Waals surface area contributed by atoms with Gasteiger partial charge in [-0.3, -0.25) is 9.69 Å².